The van der Waals surface area contributed by atoms with Gasteiger partial charge >= 0.3 is 0 Å². The highest BCUT2D eigenvalue weighted by molar-refractivity contribution is 14.1. The van der Waals surface area contributed by atoms with Gasteiger partial charge in [0.2, 0.25) is 10.0 Å². The topological polar surface area (TPSA) is 66.4 Å². The molecule has 0 radical (unpaired) electrons. The molecule has 1 saturated carbocycles. The Bertz CT molecular complexity index is 507. The van der Waals surface area contributed by atoms with Crippen molar-refractivity contribution >= 4 is 32.6 Å². The third-order valence-electron chi connectivity index (χ3n) is 3.34. The molecule has 0 amide bonds. The van der Waals surface area contributed by atoms with Crippen LogP contribution in [0, 0.1) is 3.57 Å². The van der Waals surface area contributed by atoms with E-state index in [0.29, 0.717) is 12.8 Å². The van der Waals surface area contributed by atoms with Crippen LogP contribution in [0.1, 0.15) is 25.7 Å². The summed E-state index contributed by atoms with van der Waals surface area (Å²) in [5, 5.41) is 9.44. The van der Waals surface area contributed by atoms with E-state index in [2.05, 4.69) is 27.3 Å². The Kier molecular flexibility index (Phi) is 4.30. The molecule has 0 atom stereocenters. The standard InChI is InChI=1S/C12H16INO3S/c13-10-3-5-11(6-4-10)18(16,17)14-12(9-15)7-1-2-8-12/h3-6,14-15H,1-2,7-9H2. The predicted octanol–water partition coefficient (Wildman–Crippen LogP) is 1.87. The van der Waals surface area contributed by atoms with Gasteiger partial charge < -0.3 is 5.11 Å². The molecule has 0 aliphatic heterocycles. The number of rotatable bonds is 4. The first-order valence-electron chi connectivity index (χ1n) is 5.88. The van der Waals surface area contributed by atoms with E-state index < -0.39 is 15.6 Å². The summed E-state index contributed by atoms with van der Waals surface area (Å²) in [7, 11) is -3.54. The molecule has 1 fully saturated rings. The van der Waals surface area contributed by atoms with Crippen LogP contribution < -0.4 is 4.72 Å². The van der Waals surface area contributed by atoms with Crippen molar-refractivity contribution in [3.05, 3.63) is 27.8 Å². The van der Waals surface area contributed by atoms with Crippen LogP contribution in [-0.2, 0) is 10.0 Å². The maximum Gasteiger partial charge on any atom is 0.241 e. The fourth-order valence-corrected chi connectivity index (χ4v) is 4.11. The average molecular weight is 381 g/mol. The van der Waals surface area contributed by atoms with Crippen molar-refractivity contribution in [2.45, 2.75) is 36.1 Å². The van der Waals surface area contributed by atoms with Crippen molar-refractivity contribution in [3.8, 4) is 0 Å². The fraction of sp³-hybridized carbons (Fsp3) is 0.500. The first-order valence-corrected chi connectivity index (χ1v) is 8.44. The molecule has 1 aromatic rings. The minimum atomic E-state index is -3.54. The van der Waals surface area contributed by atoms with E-state index in [0.717, 1.165) is 16.4 Å². The molecule has 2 rings (SSSR count). The monoisotopic (exact) mass is 381 g/mol. The zero-order valence-corrected chi connectivity index (χ0v) is 12.9. The second kappa shape index (κ2) is 5.44. The van der Waals surface area contributed by atoms with Crippen molar-refractivity contribution in [2.24, 2.45) is 0 Å². The van der Waals surface area contributed by atoms with Gasteiger partial charge in [-0.1, -0.05) is 12.8 Å². The molecule has 100 valence electrons. The minimum absolute atomic E-state index is 0.142. The third-order valence-corrected chi connectivity index (χ3v) is 5.65. The van der Waals surface area contributed by atoms with Gasteiger partial charge in [-0.25, -0.2) is 13.1 Å². The van der Waals surface area contributed by atoms with E-state index in [1.807, 2.05) is 0 Å². The SMILES string of the molecule is O=S(=O)(NC1(CO)CCCC1)c1ccc(I)cc1. The van der Waals surface area contributed by atoms with Gasteiger partial charge in [-0.15, -0.1) is 0 Å². The molecular weight excluding hydrogens is 365 g/mol. The highest BCUT2D eigenvalue weighted by Crippen LogP contribution is 2.30. The summed E-state index contributed by atoms with van der Waals surface area (Å²) in [6, 6.07) is 6.69. The summed E-state index contributed by atoms with van der Waals surface area (Å²) >= 11 is 2.13. The number of sulfonamides is 1. The molecule has 6 heteroatoms. The zero-order chi connectivity index (χ0) is 13.2. The van der Waals surface area contributed by atoms with Crippen LogP contribution in [-0.4, -0.2) is 25.7 Å². The molecule has 2 N–H and O–H groups in total. The lowest BCUT2D eigenvalue weighted by Crippen LogP contribution is -2.49. The molecule has 1 aliphatic rings. The third kappa shape index (κ3) is 3.04. The zero-order valence-electron chi connectivity index (χ0n) is 9.89. The molecule has 1 aliphatic carbocycles. The van der Waals surface area contributed by atoms with Crippen molar-refractivity contribution in [1.29, 1.82) is 0 Å². The van der Waals surface area contributed by atoms with Crippen molar-refractivity contribution < 1.29 is 13.5 Å². The second-order valence-electron chi connectivity index (χ2n) is 4.70. The summed E-state index contributed by atoms with van der Waals surface area (Å²) in [4.78, 5) is 0.252. The van der Waals surface area contributed by atoms with E-state index in [1.54, 1.807) is 24.3 Å². The van der Waals surface area contributed by atoms with E-state index >= 15 is 0 Å². The predicted molar refractivity (Wildman–Crippen MR) is 77.8 cm³/mol. The number of aliphatic hydroxyl groups excluding tert-OH is 1. The lowest BCUT2D eigenvalue weighted by molar-refractivity contribution is 0.185. The van der Waals surface area contributed by atoms with Gasteiger partial charge in [0, 0.05) is 3.57 Å². The number of hydrogen-bond acceptors (Lipinski definition) is 3. The van der Waals surface area contributed by atoms with Crippen LogP contribution in [0.25, 0.3) is 0 Å². The van der Waals surface area contributed by atoms with E-state index in [4.69, 9.17) is 0 Å². The van der Waals surface area contributed by atoms with Crippen LogP contribution in [0.5, 0.6) is 0 Å². The van der Waals surface area contributed by atoms with E-state index in [1.165, 1.54) is 0 Å². The van der Waals surface area contributed by atoms with E-state index in [9.17, 15) is 13.5 Å². The first kappa shape index (κ1) is 14.2. The Morgan fingerprint density at radius 2 is 1.78 bits per heavy atom. The molecular formula is C12H16INO3S. The van der Waals surface area contributed by atoms with Gasteiger partial charge in [0.05, 0.1) is 17.0 Å². The summed E-state index contributed by atoms with van der Waals surface area (Å²) in [6.45, 7) is -0.142. The van der Waals surface area contributed by atoms with Crippen LogP contribution in [0.15, 0.2) is 29.2 Å². The number of benzene rings is 1. The number of aliphatic hydroxyl groups is 1. The van der Waals surface area contributed by atoms with Gasteiger partial charge in [0.1, 0.15) is 0 Å². The van der Waals surface area contributed by atoms with Crippen LogP contribution in [0.2, 0.25) is 0 Å². The molecule has 0 aromatic heterocycles. The normalized spacial score (nSPS) is 19.0. The van der Waals surface area contributed by atoms with E-state index in [-0.39, 0.29) is 11.5 Å². The molecule has 0 bridgehead atoms. The highest BCUT2D eigenvalue weighted by atomic mass is 127. The van der Waals surface area contributed by atoms with Gasteiger partial charge in [-0.3, -0.25) is 0 Å². The molecule has 0 unspecified atom stereocenters. The quantitative estimate of drug-likeness (QED) is 0.783. The Labute approximate surface area is 121 Å². The summed E-state index contributed by atoms with van der Waals surface area (Å²) in [5.74, 6) is 0. The Morgan fingerprint density at radius 1 is 1.22 bits per heavy atom. The maximum atomic E-state index is 12.2. The van der Waals surface area contributed by atoms with Gasteiger partial charge in [0.15, 0.2) is 0 Å². The molecule has 0 spiro atoms. The number of halogens is 1. The summed E-state index contributed by atoms with van der Waals surface area (Å²) in [6.07, 6.45) is 3.31. The number of hydrogen-bond donors (Lipinski definition) is 2. The smallest absolute Gasteiger partial charge is 0.241 e. The molecule has 1 aromatic carbocycles. The van der Waals surface area contributed by atoms with Crippen LogP contribution in [0.3, 0.4) is 0 Å². The average Bonchev–Trinajstić information content (AvgIpc) is 2.78. The second-order valence-corrected chi connectivity index (χ2v) is 7.63. The lowest BCUT2D eigenvalue weighted by Gasteiger charge is -2.27. The lowest BCUT2D eigenvalue weighted by atomic mass is 10.0. The Hall–Kier alpha value is -0.180. The Balaban J connectivity index is 2.24. The number of nitrogens with one attached hydrogen (secondary N) is 1. The minimum Gasteiger partial charge on any atom is -0.394 e. The summed E-state index contributed by atoms with van der Waals surface area (Å²) in [5.41, 5.74) is -0.665. The highest BCUT2D eigenvalue weighted by Gasteiger charge is 2.37. The maximum absolute atomic E-state index is 12.2. The fourth-order valence-electron chi connectivity index (χ4n) is 2.30. The molecule has 0 saturated heterocycles. The van der Waals surface area contributed by atoms with Crippen LogP contribution >= 0.6 is 22.6 Å². The molecule has 18 heavy (non-hydrogen) atoms. The van der Waals surface area contributed by atoms with Gasteiger partial charge in [0.25, 0.3) is 0 Å². The van der Waals surface area contributed by atoms with Gasteiger partial charge in [-0.2, -0.15) is 0 Å². The van der Waals surface area contributed by atoms with Crippen molar-refractivity contribution in [3.63, 3.8) is 0 Å². The van der Waals surface area contributed by atoms with Crippen molar-refractivity contribution in [2.75, 3.05) is 6.61 Å². The summed E-state index contributed by atoms with van der Waals surface area (Å²) < 4.78 is 28.1. The van der Waals surface area contributed by atoms with Crippen molar-refractivity contribution in [1.82, 2.24) is 4.72 Å². The largest absolute Gasteiger partial charge is 0.394 e. The van der Waals surface area contributed by atoms with Crippen LogP contribution in [0.4, 0.5) is 0 Å². The van der Waals surface area contributed by atoms with Gasteiger partial charge in [-0.05, 0) is 59.7 Å². The Morgan fingerprint density at radius 3 is 2.28 bits per heavy atom. The molecule has 0 heterocycles. The molecule has 4 nitrogen and oxygen atoms in total. The first-order chi connectivity index (χ1) is 8.47.